The van der Waals surface area contributed by atoms with E-state index in [0.717, 1.165) is 47.3 Å². The van der Waals surface area contributed by atoms with Crippen molar-refractivity contribution in [3.05, 3.63) is 82.0 Å². The van der Waals surface area contributed by atoms with Gasteiger partial charge in [-0.3, -0.25) is 0 Å². The second-order valence-electron chi connectivity index (χ2n) is 7.89. The highest BCUT2D eigenvalue weighted by Gasteiger charge is 2.24. The molecule has 0 radical (unpaired) electrons. The third kappa shape index (κ3) is 3.98. The Morgan fingerprint density at radius 2 is 1.78 bits per heavy atom. The molecule has 6 heteroatoms. The normalized spacial score (nSPS) is 14.2. The fraction of sp³-hybridized carbons (Fsp3) is 0.231. The average molecular weight is 461 g/mol. The molecule has 0 amide bonds. The van der Waals surface area contributed by atoms with Crippen molar-refractivity contribution in [2.24, 2.45) is 0 Å². The Morgan fingerprint density at radius 1 is 1.03 bits per heavy atom. The van der Waals surface area contributed by atoms with Crippen molar-refractivity contribution in [2.45, 2.75) is 26.7 Å². The van der Waals surface area contributed by atoms with Gasteiger partial charge >= 0.3 is 0 Å². The summed E-state index contributed by atoms with van der Waals surface area (Å²) in [5.74, 6) is 0. The van der Waals surface area contributed by atoms with E-state index in [1.807, 2.05) is 35.1 Å². The van der Waals surface area contributed by atoms with E-state index in [1.165, 1.54) is 28.1 Å². The summed E-state index contributed by atoms with van der Waals surface area (Å²) in [6.45, 7) is 6.42. The fourth-order valence-corrected chi connectivity index (χ4v) is 5.19. The van der Waals surface area contributed by atoms with Crippen molar-refractivity contribution in [3.63, 3.8) is 0 Å². The second kappa shape index (κ2) is 8.93. The number of hydrogen-bond donors (Lipinski definition) is 0. The van der Waals surface area contributed by atoms with Gasteiger partial charge in [-0.15, -0.1) is 11.3 Å². The van der Waals surface area contributed by atoms with Gasteiger partial charge in [0.05, 0.1) is 17.6 Å². The predicted octanol–water partition coefficient (Wildman–Crippen LogP) is 6.98. The van der Waals surface area contributed by atoms with E-state index in [2.05, 4.69) is 59.6 Å². The first kappa shape index (κ1) is 21.0. The lowest BCUT2D eigenvalue weighted by Crippen LogP contribution is -2.21. The molecule has 0 saturated carbocycles. The molecule has 1 aliphatic carbocycles. The Bertz CT molecular complexity index is 1250. The molecule has 162 valence electrons. The van der Waals surface area contributed by atoms with Crippen LogP contribution in [0.5, 0.6) is 0 Å². The first-order chi connectivity index (χ1) is 15.7. The number of rotatable bonds is 6. The molecule has 0 atom stereocenters. The predicted molar refractivity (Wildman–Crippen MR) is 136 cm³/mol. The van der Waals surface area contributed by atoms with Crippen LogP contribution in [0.1, 0.15) is 37.1 Å². The lowest BCUT2D eigenvalue weighted by molar-refractivity contribution is 0.855. The summed E-state index contributed by atoms with van der Waals surface area (Å²) < 4.78 is 2.00. The van der Waals surface area contributed by atoms with Crippen LogP contribution in [0, 0.1) is 0 Å². The third-order valence-electron chi connectivity index (χ3n) is 5.99. The third-order valence-corrected chi connectivity index (χ3v) is 7.06. The number of aromatic nitrogens is 3. The van der Waals surface area contributed by atoms with Gasteiger partial charge in [0, 0.05) is 34.7 Å². The van der Waals surface area contributed by atoms with E-state index in [4.69, 9.17) is 16.6 Å². The molecule has 0 N–H and O–H groups in total. The van der Waals surface area contributed by atoms with Gasteiger partial charge < -0.3 is 4.90 Å². The number of benzene rings is 2. The van der Waals surface area contributed by atoms with Gasteiger partial charge in [0.25, 0.3) is 0 Å². The number of thiazole rings is 1. The largest absolute Gasteiger partial charge is 0.372 e. The summed E-state index contributed by atoms with van der Waals surface area (Å²) in [5.41, 5.74) is 8.29. The maximum atomic E-state index is 6.03. The molecule has 4 aromatic rings. The Morgan fingerprint density at radius 3 is 2.50 bits per heavy atom. The molecule has 0 unspecified atom stereocenters. The van der Waals surface area contributed by atoms with Crippen molar-refractivity contribution in [2.75, 3.05) is 18.0 Å². The molecule has 2 heterocycles. The summed E-state index contributed by atoms with van der Waals surface area (Å²) in [7, 11) is 0. The highest BCUT2D eigenvalue weighted by Crippen LogP contribution is 2.36. The Kier molecular flexibility index (Phi) is 5.85. The van der Waals surface area contributed by atoms with Crippen LogP contribution in [-0.4, -0.2) is 27.9 Å². The van der Waals surface area contributed by atoms with Crippen molar-refractivity contribution < 1.29 is 0 Å². The monoisotopic (exact) mass is 460 g/mol. The van der Waals surface area contributed by atoms with Crippen molar-refractivity contribution >= 4 is 40.3 Å². The van der Waals surface area contributed by atoms with E-state index < -0.39 is 0 Å². The maximum Gasteiger partial charge on any atom is 0.211 e. The standard InChI is InChI=1S/C26H25ClN4S/c1-3-30(4-2)23-13-5-18(6-14-23)15-20-7-8-21-16-28-31(25(20)21)26-29-24(17-32-26)19-9-11-22(27)12-10-19/h5-6,9-17H,3-4,7-8H2,1-2H3/b20-15-. The molecular weight excluding hydrogens is 436 g/mol. The Hall–Kier alpha value is -2.89. The number of anilines is 1. The highest BCUT2D eigenvalue weighted by molar-refractivity contribution is 7.12. The van der Waals surface area contributed by atoms with Crippen molar-refractivity contribution in [3.8, 4) is 16.4 Å². The number of aryl methyl sites for hydroxylation is 1. The van der Waals surface area contributed by atoms with E-state index in [9.17, 15) is 0 Å². The zero-order chi connectivity index (χ0) is 22.1. The summed E-state index contributed by atoms with van der Waals surface area (Å²) >= 11 is 7.64. The molecule has 32 heavy (non-hydrogen) atoms. The van der Waals surface area contributed by atoms with Crippen LogP contribution in [0.4, 0.5) is 5.69 Å². The van der Waals surface area contributed by atoms with Gasteiger partial charge in [0.2, 0.25) is 5.13 Å². The van der Waals surface area contributed by atoms with Gasteiger partial charge in [0.1, 0.15) is 0 Å². The zero-order valence-electron chi connectivity index (χ0n) is 18.3. The average Bonchev–Trinajstić information content (AvgIpc) is 3.54. The molecule has 2 aromatic carbocycles. The molecule has 4 nitrogen and oxygen atoms in total. The van der Waals surface area contributed by atoms with Crippen molar-refractivity contribution in [1.82, 2.24) is 14.8 Å². The molecule has 0 aliphatic heterocycles. The van der Waals surface area contributed by atoms with Crippen LogP contribution in [0.2, 0.25) is 5.02 Å². The first-order valence-electron chi connectivity index (χ1n) is 11.0. The van der Waals surface area contributed by atoms with Crippen molar-refractivity contribution in [1.29, 1.82) is 0 Å². The van der Waals surface area contributed by atoms with Crippen LogP contribution in [-0.2, 0) is 6.42 Å². The van der Waals surface area contributed by atoms with Crippen LogP contribution < -0.4 is 4.90 Å². The summed E-state index contributed by atoms with van der Waals surface area (Å²) in [6, 6.07) is 16.6. The number of halogens is 1. The minimum absolute atomic E-state index is 0.731. The maximum absolute atomic E-state index is 6.03. The zero-order valence-corrected chi connectivity index (χ0v) is 19.8. The number of nitrogens with zero attached hydrogens (tertiary/aromatic N) is 4. The van der Waals surface area contributed by atoms with Gasteiger partial charge in [-0.2, -0.15) is 5.10 Å². The molecule has 2 aromatic heterocycles. The van der Waals surface area contributed by atoms with E-state index in [1.54, 1.807) is 11.3 Å². The van der Waals surface area contributed by atoms with Crippen LogP contribution in [0.25, 0.3) is 28.0 Å². The lowest BCUT2D eigenvalue weighted by Gasteiger charge is -2.20. The number of fused-ring (bicyclic) bond motifs is 1. The quantitative estimate of drug-likeness (QED) is 0.311. The summed E-state index contributed by atoms with van der Waals surface area (Å²) in [6.07, 6.45) is 6.33. The van der Waals surface area contributed by atoms with E-state index in [0.29, 0.717) is 0 Å². The molecule has 0 saturated heterocycles. The van der Waals surface area contributed by atoms with Gasteiger partial charge in [-0.05, 0) is 73.7 Å². The van der Waals surface area contributed by atoms with Gasteiger partial charge in [-0.25, -0.2) is 9.67 Å². The smallest absolute Gasteiger partial charge is 0.211 e. The fourth-order valence-electron chi connectivity index (χ4n) is 4.27. The molecule has 0 fully saturated rings. The number of allylic oxidation sites excluding steroid dienone is 1. The minimum Gasteiger partial charge on any atom is -0.372 e. The van der Waals surface area contributed by atoms with Crippen LogP contribution >= 0.6 is 22.9 Å². The summed E-state index contributed by atoms with van der Waals surface area (Å²) in [4.78, 5) is 7.23. The Balaban J connectivity index is 1.45. The Labute approximate surface area is 197 Å². The van der Waals surface area contributed by atoms with E-state index >= 15 is 0 Å². The molecule has 5 rings (SSSR count). The SMILES string of the molecule is CCN(CC)c1ccc(/C=C2/CCc3cnn(-c4nc(-c5ccc(Cl)cc5)cs4)c32)cc1. The lowest BCUT2D eigenvalue weighted by atomic mass is 10.1. The number of hydrogen-bond acceptors (Lipinski definition) is 4. The molecule has 0 bridgehead atoms. The molecule has 0 spiro atoms. The molecule has 1 aliphatic rings. The first-order valence-corrected chi connectivity index (χ1v) is 12.3. The topological polar surface area (TPSA) is 34.0 Å². The minimum atomic E-state index is 0.731. The highest BCUT2D eigenvalue weighted by atomic mass is 35.5. The van der Waals surface area contributed by atoms with Crippen LogP contribution in [0.3, 0.4) is 0 Å². The van der Waals surface area contributed by atoms with Gasteiger partial charge in [-0.1, -0.05) is 35.9 Å². The van der Waals surface area contributed by atoms with Crippen LogP contribution in [0.15, 0.2) is 60.1 Å². The summed E-state index contributed by atoms with van der Waals surface area (Å²) in [5, 5.41) is 8.38. The second-order valence-corrected chi connectivity index (χ2v) is 9.16. The molecular formula is C26H25ClN4S. The van der Waals surface area contributed by atoms with Gasteiger partial charge in [0.15, 0.2) is 0 Å². The van der Waals surface area contributed by atoms with E-state index in [-0.39, 0.29) is 0 Å².